The van der Waals surface area contributed by atoms with E-state index in [4.69, 9.17) is 0 Å². The van der Waals surface area contributed by atoms with Crippen molar-refractivity contribution in [2.45, 2.75) is 32.4 Å². The zero-order valence-electron chi connectivity index (χ0n) is 11.1. The number of rotatable bonds is 3. The predicted molar refractivity (Wildman–Crippen MR) is 75.5 cm³/mol. The Morgan fingerprint density at radius 3 is 2.95 bits per heavy atom. The summed E-state index contributed by atoms with van der Waals surface area (Å²) in [6, 6.07) is 14.0. The molecule has 3 rings (SSSR count). The molecule has 0 amide bonds. The molecule has 0 fully saturated rings. The van der Waals surface area contributed by atoms with E-state index in [0.29, 0.717) is 6.04 Å². The van der Waals surface area contributed by atoms with Crippen LogP contribution in [0.15, 0.2) is 42.5 Å². The van der Waals surface area contributed by atoms with Gasteiger partial charge in [0, 0.05) is 12.6 Å². The molecular weight excluding hydrogens is 237 g/mol. The molecule has 1 aliphatic rings. The molecule has 0 bridgehead atoms. The van der Waals surface area contributed by atoms with Crippen molar-refractivity contribution < 1.29 is 4.39 Å². The van der Waals surface area contributed by atoms with E-state index in [2.05, 4.69) is 29.6 Å². The smallest absolute Gasteiger partial charge is 0.123 e. The van der Waals surface area contributed by atoms with Crippen LogP contribution in [-0.4, -0.2) is 0 Å². The number of fused-ring (bicyclic) bond motifs is 1. The van der Waals surface area contributed by atoms with Crippen molar-refractivity contribution in [3.05, 3.63) is 70.5 Å². The van der Waals surface area contributed by atoms with Crippen molar-refractivity contribution in [2.24, 2.45) is 0 Å². The molecule has 1 unspecified atom stereocenters. The van der Waals surface area contributed by atoms with Crippen LogP contribution in [-0.2, 0) is 13.0 Å². The maximum absolute atomic E-state index is 13.3. The lowest BCUT2D eigenvalue weighted by Crippen LogP contribution is -2.19. The van der Waals surface area contributed by atoms with E-state index in [9.17, 15) is 4.39 Å². The number of hydrogen-bond donors (Lipinski definition) is 1. The second-order valence-corrected chi connectivity index (χ2v) is 5.24. The van der Waals surface area contributed by atoms with E-state index < -0.39 is 0 Å². The topological polar surface area (TPSA) is 12.0 Å². The maximum atomic E-state index is 13.3. The molecule has 1 nitrogen and oxygen atoms in total. The molecular formula is C17H18FN. The standard InChI is InChI=1S/C17H18FN/c1-12-6-8-15(18)10-14(12)11-19-17-9-7-13-4-2-3-5-16(13)17/h2-6,8,10,17,19H,7,9,11H2,1H3. The average Bonchev–Trinajstić information content (AvgIpc) is 2.83. The highest BCUT2D eigenvalue weighted by Crippen LogP contribution is 2.31. The summed E-state index contributed by atoms with van der Waals surface area (Å²) in [5.41, 5.74) is 5.03. The highest BCUT2D eigenvalue weighted by Gasteiger charge is 2.21. The van der Waals surface area contributed by atoms with Gasteiger partial charge in [0.2, 0.25) is 0 Å². The van der Waals surface area contributed by atoms with Crippen molar-refractivity contribution in [2.75, 3.05) is 0 Å². The van der Waals surface area contributed by atoms with Crippen LogP contribution in [0.3, 0.4) is 0 Å². The van der Waals surface area contributed by atoms with Gasteiger partial charge in [-0.3, -0.25) is 0 Å². The molecule has 2 aromatic carbocycles. The second-order valence-electron chi connectivity index (χ2n) is 5.24. The van der Waals surface area contributed by atoms with Crippen LogP contribution >= 0.6 is 0 Å². The van der Waals surface area contributed by atoms with Crippen LogP contribution in [0, 0.1) is 12.7 Å². The molecule has 0 aromatic heterocycles. The first kappa shape index (κ1) is 12.4. The van der Waals surface area contributed by atoms with Gasteiger partial charge in [0.1, 0.15) is 5.82 Å². The molecule has 2 heteroatoms. The van der Waals surface area contributed by atoms with E-state index in [0.717, 1.165) is 30.5 Å². The molecule has 1 N–H and O–H groups in total. The van der Waals surface area contributed by atoms with Gasteiger partial charge < -0.3 is 5.32 Å². The lowest BCUT2D eigenvalue weighted by molar-refractivity contribution is 0.527. The summed E-state index contributed by atoms with van der Waals surface area (Å²) in [6.45, 7) is 2.75. The van der Waals surface area contributed by atoms with Crippen LogP contribution in [0.25, 0.3) is 0 Å². The molecule has 0 radical (unpaired) electrons. The summed E-state index contributed by atoms with van der Waals surface area (Å²) < 4.78 is 13.3. The minimum Gasteiger partial charge on any atom is -0.306 e. The summed E-state index contributed by atoms with van der Waals surface area (Å²) in [5, 5.41) is 3.56. The first-order valence-electron chi connectivity index (χ1n) is 6.80. The number of aryl methyl sites for hydroxylation is 2. The first-order valence-corrected chi connectivity index (χ1v) is 6.80. The van der Waals surface area contributed by atoms with Crippen LogP contribution in [0.2, 0.25) is 0 Å². The van der Waals surface area contributed by atoms with E-state index in [1.165, 1.54) is 17.2 Å². The third kappa shape index (κ3) is 2.54. The molecule has 0 saturated carbocycles. The highest BCUT2D eigenvalue weighted by atomic mass is 19.1. The number of halogens is 1. The normalized spacial score (nSPS) is 17.5. The van der Waals surface area contributed by atoms with E-state index >= 15 is 0 Å². The average molecular weight is 255 g/mol. The van der Waals surface area contributed by atoms with Gasteiger partial charge in [-0.05, 0) is 54.2 Å². The van der Waals surface area contributed by atoms with Crippen molar-refractivity contribution in [3.8, 4) is 0 Å². The summed E-state index contributed by atoms with van der Waals surface area (Å²) in [5.74, 6) is -0.158. The lowest BCUT2D eigenvalue weighted by Gasteiger charge is -2.15. The second kappa shape index (κ2) is 5.14. The van der Waals surface area contributed by atoms with Gasteiger partial charge in [0.15, 0.2) is 0 Å². The molecule has 1 aliphatic carbocycles. The summed E-state index contributed by atoms with van der Waals surface area (Å²) in [7, 11) is 0. The SMILES string of the molecule is Cc1ccc(F)cc1CNC1CCc2ccccc21. The zero-order chi connectivity index (χ0) is 13.2. The van der Waals surface area contributed by atoms with Crippen molar-refractivity contribution in [3.63, 3.8) is 0 Å². The number of benzene rings is 2. The first-order chi connectivity index (χ1) is 9.24. The minimum absolute atomic E-state index is 0.158. The van der Waals surface area contributed by atoms with Crippen molar-refractivity contribution in [1.82, 2.24) is 5.32 Å². The van der Waals surface area contributed by atoms with Gasteiger partial charge >= 0.3 is 0 Å². The summed E-state index contributed by atoms with van der Waals surface area (Å²) in [4.78, 5) is 0. The molecule has 1 atom stereocenters. The third-order valence-corrected chi connectivity index (χ3v) is 3.98. The molecule has 98 valence electrons. The van der Waals surface area contributed by atoms with Crippen LogP contribution < -0.4 is 5.32 Å². The van der Waals surface area contributed by atoms with Crippen LogP contribution in [0.4, 0.5) is 4.39 Å². The quantitative estimate of drug-likeness (QED) is 0.876. The van der Waals surface area contributed by atoms with Gasteiger partial charge in [0.25, 0.3) is 0 Å². The van der Waals surface area contributed by atoms with Gasteiger partial charge in [-0.1, -0.05) is 30.3 Å². The largest absolute Gasteiger partial charge is 0.306 e. The summed E-state index contributed by atoms with van der Waals surface area (Å²) >= 11 is 0. The van der Waals surface area contributed by atoms with Crippen LogP contribution in [0.5, 0.6) is 0 Å². The Hall–Kier alpha value is -1.67. The molecule has 19 heavy (non-hydrogen) atoms. The lowest BCUT2D eigenvalue weighted by atomic mass is 10.1. The highest BCUT2D eigenvalue weighted by molar-refractivity contribution is 5.34. The summed E-state index contributed by atoms with van der Waals surface area (Å²) in [6.07, 6.45) is 2.27. The van der Waals surface area contributed by atoms with Crippen molar-refractivity contribution in [1.29, 1.82) is 0 Å². The molecule has 0 saturated heterocycles. The van der Waals surface area contributed by atoms with Crippen LogP contribution in [0.1, 0.15) is 34.7 Å². The Bertz CT molecular complexity index is 592. The zero-order valence-corrected chi connectivity index (χ0v) is 11.1. The Morgan fingerprint density at radius 2 is 2.05 bits per heavy atom. The third-order valence-electron chi connectivity index (χ3n) is 3.98. The number of hydrogen-bond acceptors (Lipinski definition) is 1. The monoisotopic (exact) mass is 255 g/mol. The van der Waals surface area contributed by atoms with E-state index in [1.54, 1.807) is 6.07 Å². The Morgan fingerprint density at radius 1 is 1.21 bits per heavy atom. The van der Waals surface area contributed by atoms with Gasteiger partial charge in [-0.25, -0.2) is 4.39 Å². The van der Waals surface area contributed by atoms with Gasteiger partial charge in [-0.15, -0.1) is 0 Å². The molecule has 2 aromatic rings. The molecule has 0 heterocycles. The number of nitrogens with one attached hydrogen (secondary N) is 1. The molecule has 0 spiro atoms. The molecule has 0 aliphatic heterocycles. The van der Waals surface area contributed by atoms with Crippen molar-refractivity contribution >= 4 is 0 Å². The Balaban J connectivity index is 1.72. The Labute approximate surface area is 113 Å². The minimum atomic E-state index is -0.158. The fourth-order valence-corrected chi connectivity index (χ4v) is 2.83. The van der Waals surface area contributed by atoms with Gasteiger partial charge in [-0.2, -0.15) is 0 Å². The van der Waals surface area contributed by atoms with E-state index in [1.807, 2.05) is 13.0 Å². The maximum Gasteiger partial charge on any atom is 0.123 e. The fraction of sp³-hybridized carbons (Fsp3) is 0.294. The Kier molecular flexibility index (Phi) is 3.34. The predicted octanol–water partition coefficient (Wildman–Crippen LogP) is 3.91. The van der Waals surface area contributed by atoms with E-state index in [-0.39, 0.29) is 5.82 Å². The fourth-order valence-electron chi connectivity index (χ4n) is 2.83. The van der Waals surface area contributed by atoms with Gasteiger partial charge in [0.05, 0.1) is 0 Å².